The summed E-state index contributed by atoms with van der Waals surface area (Å²) in [6, 6.07) is 0. The number of nitrogens with two attached hydrogens (primary N) is 1. The molecule has 0 atom stereocenters. The van der Waals surface area contributed by atoms with E-state index in [9.17, 15) is 4.79 Å². The van der Waals surface area contributed by atoms with Crippen LogP contribution in [0.2, 0.25) is 0 Å². The molecule has 0 radical (unpaired) electrons. The van der Waals surface area contributed by atoms with E-state index in [4.69, 9.17) is 10.5 Å². The van der Waals surface area contributed by atoms with Gasteiger partial charge in [-0.3, -0.25) is 4.79 Å². The summed E-state index contributed by atoms with van der Waals surface area (Å²) in [5.41, 5.74) is 5.51. The molecule has 0 saturated heterocycles. The first-order chi connectivity index (χ1) is 8.21. The SMILES string of the molecule is NC1(C(=O)OCCC2CCC2)CCCCCC1. The van der Waals surface area contributed by atoms with Crippen molar-refractivity contribution in [2.24, 2.45) is 11.7 Å². The van der Waals surface area contributed by atoms with Crippen LogP contribution in [0.4, 0.5) is 0 Å². The number of ether oxygens (including phenoxy) is 1. The van der Waals surface area contributed by atoms with Crippen LogP contribution in [0.3, 0.4) is 0 Å². The molecule has 0 bridgehead atoms. The maximum absolute atomic E-state index is 12.0. The number of esters is 1. The summed E-state index contributed by atoms with van der Waals surface area (Å²) in [5.74, 6) is 0.643. The van der Waals surface area contributed by atoms with E-state index < -0.39 is 5.54 Å². The summed E-state index contributed by atoms with van der Waals surface area (Å²) < 4.78 is 5.38. The molecule has 0 unspecified atom stereocenters. The molecule has 0 amide bonds. The maximum Gasteiger partial charge on any atom is 0.326 e. The Kier molecular flexibility index (Phi) is 4.43. The molecule has 98 valence electrons. The molecule has 0 heterocycles. The molecule has 3 nitrogen and oxygen atoms in total. The third-order valence-electron chi connectivity index (χ3n) is 4.39. The Morgan fingerprint density at radius 2 is 1.76 bits per heavy atom. The minimum Gasteiger partial charge on any atom is -0.464 e. The zero-order chi connectivity index (χ0) is 12.1. The Hall–Kier alpha value is -0.570. The largest absolute Gasteiger partial charge is 0.464 e. The number of hydrogen-bond donors (Lipinski definition) is 1. The summed E-state index contributed by atoms with van der Waals surface area (Å²) in [4.78, 5) is 12.0. The van der Waals surface area contributed by atoms with Gasteiger partial charge >= 0.3 is 5.97 Å². The molecule has 2 aliphatic carbocycles. The van der Waals surface area contributed by atoms with E-state index in [0.29, 0.717) is 6.61 Å². The molecule has 2 N–H and O–H groups in total. The lowest BCUT2D eigenvalue weighted by atomic mass is 9.83. The van der Waals surface area contributed by atoms with Crippen molar-refractivity contribution in [3.8, 4) is 0 Å². The molecule has 0 aromatic rings. The Bertz CT molecular complexity index is 253. The van der Waals surface area contributed by atoms with Gasteiger partial charge in [-0.05, 0) is 25.2 Å². The zero-order valence-electron chi connectivity index (χ0n) is 10.7. The summed E-state index contributed by atoms with van der Waals surface area (Å²) >= 11 is 0. The second-order valence-corrected chi connectivity index (χ2v) is 5.79. The van der Waals surface area contributed by atoms with Gasteiger partial charge in [0.05, 0.1) is 6.61 Å². The highest BCUT2D eigenvalue weighted by Gasteiger charge is 2.35. The first-order valence-corrected chi connectivity index (χ1v) is 7.17. The lowest BCUT2D eigenvalue weighted by Crippen LogP contribution is -2.48. The van der Waals surface area contributed by atoms with Gasteiger partial charge in [0, 0.05) is 0 Å². The highest BCUT2D eigenvalue weighted by molar-refractivity contribution is 5.80. The monoisotopic (exact) mass is 239 g/mol. The van der Waals surface area contributed by atoms with Crippen LogP contribution in [0.15, 0.2) is 0 Å². The Balaban J connectivity index is 1.72. The van der Waals surface area contributed by atoms with Crippen molar-refractivity contribution in [1.29, 1.82) is 0 Å². The molecule has 2 aliphatic rings. The topological polar surface area (TPSA) is 52.3 Å². The van der Waals surface area contributed by atoms with Crippen LogP contribution in [0.5, 0.6) is 0 Å². The van der Waals surface area contributed by atoms with Crippen molar-refractivity contribution < 1.29 is 9.53 Å². The lowest BCUT2D eigenvalue weighted by molar-refractivity contribution is -0.151. The van der Waals surface area contributed by atoms with Crippen LogP contribution >= 0.6 is 0 Å². The molecule has 2 fully saturated rings. The van der Waals surface area contributed by atoms with E-state index in [0.717, 1.165) is 38.0 Å². The van der Waals surface area contributed by atoms with Gasteiger partial charge in [0.15, 0.2) is 0 Å². The number of hydrogen-bond acceptors (Lipinski definition) is 3. The number of rotatable bonds is 4. The molecule has 0 spiro atoms. The van der Waals surface area contributed by atoms with Gasteiger partial charge in [-0.15, -0.1) is 0 Å². The van der Waals surface area contributed by atoms with E-state index >= 15 is 0 Å². The van der Waals surface area contributed by atoms with Gasteiger partial charge in [0.25, 0.3) is 0 Å². The van der Waals surface area contributed by atoms with Crippen LogP contribution in [-0.4, -0.2) is 18.1 Å². The second-order valence-electron chi connectivity index (χ2n) is 5.79. The minimum atomic E-state index is -0.684. The minimum absolute atomic E-state index is 0.154. The van der Waals surface area contributed by atoms with Crippen LogP contribution in [0, 0.1) is 5.92 Å². The van der Waals surface area contributed by atoms with Crippen molar-refractivity contribution in [2.45, 2.75) is 69.7 Å². The van der Waals surface area contributed by atoms with Gasteiger partial charge in [-0.2, -0.15) is 0 Å². The fourth-order valence-corrected chi connectivity index (χ4v) is 2.81. The van der Waals surface area contributed by atoms with Crippen molar-refractivity contribution in [3.63, 3.8) is 0 Å². The zero-order valence-corrected chi connectivity index (χ0v) is 10.7. The average Bonchev–Trinajstić information content (AvgIpc) is 2.47. The fraction of sp³-hybridized carbons (Fsp3) is 0.929. The Morgan fingerprint density at radius 3 is 2.29 bits per heavy atom. The maximum atomic E-state index is 12.0. The van der Waals surface area contributed by atoms with Crippen LogP contribution < -0.4 is 5.73 Å². The second kappa shape index (κ2) is 5.85. The summed E-state index contributed by atoms with van der Waals surface area (Å²) in [5, 5.41) is 0. The molecule has 17 heavy (non-hydrogen) atoms. The smallest absolute Gasteiger partial charge is 0.326 e. The fourth-order valence-electron chi connectivity index (χ4n) is 2.81. The molecule has 2 saturated carbocycles. The van der Waals surface area contributed by atoms with E-state index in [2.05, 4.69) is 0 Å². The molecule has 0 aliphatic heterocycles. The number of carbonyl (C=O) groups excluding carboxylic acids is 1. The highest BCUT2D eigenvalue weighted by Crippen LogP contribution is 2.30. The molecular formula is C14H25NO2. The first-order valence-electron chi connectivity index (χ1n) is 7.17. The lowest BCUT2D eigenvalue weighted by Gasteiger charge is -2.28. The molecule has 0 aromatic heterocycles. The van der Waals surface area contributed by atoms with Gasteiger partial charge < -0.3 is 10.5 Å². The normalized spacial score (nSPS) is 24.8. The van der Waals surface area contributed by atoms with Crippen molar-refractivity contribution in [3.05, 3.63) is 0 Å². The molecular weight excluding hydrogens is 214 g/mol. The molecule has 0 aromatic carbocycles. The standard InChI is InChI=1S/C14H25NO2/c15-14(9-3-1-2-4-10-14)13(16)17-11-8-12-6-5-7-12/h12H,1-11,15H2. The van der Waals surface area contributed by atoms with Gasteiger partial charge in [-0.25, -0.2) is 0 Å². The van der Waals surface area contributed by atoms with Gasteiger partial charge in [0.1, 0.15) is 5.54 Å². The third-order valence-corrected chi connectivity index (χ3v) is 4.39. The van der Waals surface area contributed by atoms with Crippen molar-refractivity contribution in [1.82, 2.24) is 0 Å². The highest BCUT2D eigenvalue weighted by atomic mass is 16.5. The van der Waals surface area contributed by atoms with Crippen LogP contribution in [0.1, 0.15) is 64.2 Å². The van der Waals surface area contributed by atoms with E-state index in [1.807, 2.05) is 0 Å². The Morgan fingerprint density at radius 1 is 1.12 bits per heavy atom. The predicted molar refractivity (Wildman–Crippen MR) is 67.5 cm³/mol. The molecule has 3 heteroatoms. The first kappa shape index (κ1) is 12.9. The van der Waals surface area contributed by atoms with E-state index in [1.165, 1.54) is 32.1 Å². The third kappa shape index (κ3) is 3.44. The Labute approximate surface area is 104 Å². The van der Waals surface area contributed by atoms with E-state index in [-0.39, 0.29) is 5.97 Å². The van der Waals surface area contributed by atoms with Gasteiger partial charge in [-0.1, -0.05) is 44.9 Å². The van der Waals surface area contributed by atoms with Gasteiger partial charge in [0.2, 0.25) is 0 Å². The average molecular weight is 239 g/mol. The quantitative estimate of drug-likeness (QED) is 0.606. The van der Waals surface area contributed by atoms with Crippen molar-refractivity contribution in [2.75, 3.05) is 6.61 Å². The summed E-state index contributed by atoms with van der Waals surface area (Å²) in [6.07, 6.45) is 11.1. The number of carbonyl (C=O) groups is 1. The van der Waals surface area contributed by atoms with E-state index in [1.54, 1.807) is 0 Å². The van der Waals surface area contributed by atoms with Crippen molar-refractivity contribution >= 4 is 5.97 Å². The van der Waals surface area contributed by atoms with Crippen LogP contribution in [0.25, 0.3) is 0 Å². The predicted octanol–water partition coefficient (Wildman–Crippen LogP) is 2.77. The van der Waals surface area contributed by atoms with Crippen LogP contribution in [-0.2, 0) is 9.53 Å². The molecule has 2 rings (SSSR count). The summed E-state index contributed by atoms with van der Waals surface area (Å²) in [7, 11) is 0. The summed E-state index contributed by atoms with van der Waals surface area (Å²) in [6.45, 7) is 0.572.